The van der Waals surface area contributed by atoms with Crippen LogP contribution in [0.1, 0.15) is 11.1 Å². The zero-order valence-electron chi connectivity index (χ0n) is 9.97. The molecule has 1 aliphatic rings. The Balaban J connectivity index is 2.20. The maximum atomic E-state index is 11.4. The van der Waals surface area contributed by atoms with Crippen molar-refractivity contribution in [2.75, 3.05) is 16.8 Å². The van der Waals surface area contributed by atoms with E-state index in [1.807, 2.05) is 32.0 Å². The van der Waals surface area contributed by atoms with Gasteiger partial charge in [-0.2, -0.15) is 0 Å². The van der Waals surface area contributed by atoms with Gasteiger partial charge in [0.1, 0.15) is 0 Å². The third-order valence-corrected chi connectivity index (χ3v) is 4.98. The van der Waals surface area contributed by atoms with Gasteiger partial charge in [0.2, 0.25) is 0 Å². The Kier molecular flexibility index (Phi) is 3.14. The van der Waals surface area contributed by atoms with Crippen LogP contribution in [0.25, 0.3) is 0 Å². The van der Waals surface area contributed by atoms with E-state index in [0.717, 1.165) is 16.8 Å². The highest BCUT2D eigenvalue weighted by Crippen LogP contribution is 2.22. The minimum Gasteiger partial charge on any atom is -0.390 e. The number of nitrogens with one attached hydrogen (secondary N) is 1. The summed E-state index contributed by atoms with van der Waals surface area (Å²) in [5, 5.41) is 12.8. The highest BCUT2D eigenvalue weighted by molar-refractivity contribution is 7.91. The van der Waals surface area contributed by atoms with Crippen molar-refractivity contribution in [2.45, 2.75) is 26.0 Å². The predicted octanol–water partition coefficient (Wildman–Crippen LogP) is 0.873. The van der Waals surface area contributed by atoms with Crippen LogP contribution in [0, 0.1) is 13.8 Å². The molecule has 1 aliphatic heterocycles. The molecule has 94 valence electrons. The molecule has 0 aliphatic carbocycles. The molecule has 1 aromatic rings. The molecule has 4 nitrogen and oxygen atoms in total. The molecule has 5 heteroatoms. The van der Waals surface area contributed by atoms with Gasteiger partial charge in [-0.05, 0) is 31.0 Å². The normalized spacial score (nSPS) is 27.0. The lowest BCUT2D eigenvalue weighted by Crippen LogP contribution is -2.32. The topological polar surface area (TPSA) is 66.4 Å². The average Bonchev–Trinajstić information content (AvgIpc) is 2.47. The summed E-state index contributed by atoms with van der Waals surface area (Å²) in [6.07, 6.45) is -0.820. The van der Waals surface area contributed by atoms with Crippen LogP contribution in [0.15, 0.2) is 18.2 Å². The summed E-state index contributed by atoms with van der Waals surface area (Å²) in [6, 6.07) is 5.42. The van der Waals surface area contributed by atoms with E-state index in [1.54, 1.807) is 0 Å². The molecule has 17 heavy (non-hydrogen) atoms. The molecular formula is C12H17NO3S. The van der Waals surface area contributed by atoms with Gasteiger partial charge in [0.25, 0.3) is 0 Å². The number of aliphatic hydroxyl groups is 1. The first-order chi connectivity index (χ1) is 7.89. The van der Waals surface area contributed by atoms with E-state index in [-0.39, 0.29) is 11.5 Å². The van der Waals surface area contributed by atoms with Crippen molar-refractivity contribution < 1.29 is 13.5 Å². The van der Waals surface area contributed by atoms with Crippen LogP contribution >= 0.6 is 0 Å². The number of aryl methyl sites for hydroxylation is 1. The van der Waals surface area contributed by atoms with Gasteiger partial charge in [-0.3, -0.25) is 0 Å². The molecule has 0 saturated carbocycles. The summed E-state index contributed by atoms with van der Waals surface area (Å²) in [5.41, 5.74) is 3.13. The predicted molar refractivity (Wildman–Crippen MR) is 68.0 cm³/mol. The maximum absolute atomic E-state index is 11.4. The van der Waals surface area contributed by atoms with Gasteiger partial charge in [-0.15, -0.1) is 0 Å². The number of sulfone groups is 1. The van der Waals surface area contributed by atoms with Crippen molar-refractivity contribution in [3.8, 4) is 0 Å². The lowest BCUT2D eigenvalue weighted by Gasteiger charge is -2.18. The van der Waals surface area contributed by atoms with Crippen LogP contribution < -0.4 is 5.32 Å². The molecule has 0 spiro atoms. The second kappa shape index (κ2) is 4.31. The Morgan fingerprint density at radius 1 is 1.29 bits per heavy atom. The number of benzene rings is 1. The number of rotatable bonds is 2. The number of hydrogen-bond donors (Lipinski definition) is 2. The van der Waals surface area contributed by atoms with Crippen LogP contribution in [0.3, 0.4) is 0 Å². The van der Waals surface area contributed by atoms with E-state index >= 15 is 0 Å². The van der Waals surface area contributed by atoms with Gasteiger partial charge >= 0.3 is 0 Å². The zero-order chi connectivity index (χ0) is 12.6. The third-order valence-electron chi connectivity index (χ3n) is 3.27. The van der Waals surface area contributed by atoms with E-state index in [4.69, 9.17) is 0 Å². The fraction of sp³-hybridized carbons (Fsp3) is 0.500. The minimum atomic E-state index is -3.10. The maximum Gasteiger partial charge on any atom is 0.155 e. The summed E-state index contributed by atoms with van der Waals surface area (Å²) in [6.45, 7) is 3.98. The van der Waals surface area contributed by atoms with Gasteiger partial charge in [0.15, 0.2) is 9.84 Å². The molecule has 0 aromatic heterocycles. The van der Waals surface area contributed by atoms with Crippen molar-refractivity contribution in [1.82, 2.24) is 0 Å². The number of aliphatic hydroxyl groups excluding tert-OH is 1. The van der Waals surface area contributed by atoms with Crippen molar-refractivity contribution in [2.24, 2.45) is 0 Å². The summed E-state index contributed by atoms with van der Waals surface area (Å²) < 4.78 is 22.8. The second-order valence-electron chi connectivity index (χ2n) is 4.64. The highest BCUT2D eigenvalue weighted by atomic mass is 32.2. The Hall–Kier alpha value is -1.07. The first-order valence-electron chi connectivity index (χ1n) is 5.60. The minimum absolute atomic E-state index is 0.00154. The zero-order valence-corrected chi connectivity index (χ0v) is 10.8. The first kappa shape index (κ1) is 12.4. The number of anilines is 1. The van der Waals surface area contributed by atoms with Gasteiger partial charge in [-0.25, -0.2) is 8.42 Å². The molecule has 0 amide bonds. The SMILES string of the molecule is Cc1cccc(NC2CS(=O)(=O)CC2O)c1C. The summed E-state index contributed by atoms with van der Waals surface area (Å²) in [5.74, 6) is -0.142. The Morgan fingerprint density at radius 3 is 2.59 bits per heavy atom. The van der Waals surface area contributed by atoms with E-state index in [0.29, 0.717) is 0 Å². The van der Waals surface area contributed by atoms with Crippen LogP contribution in [0.2, 0.25) is 0 Å². The summed E-state index contributed by atoms with van der Waals surface area (Å²) in [7, 11) is -3.10. The van der Waals surface area contributed by atoms with E-state index in [2.05, 4.69) is 5.32 Å². The molecule has 2 N–H and O–H groups in total. The molecule has 2 atom stereocenters. The Morgan fingerprint density at radius 2 is 2.00 bits per heavy atom. The quantitative estimate of drug-likeness (QED) is 0.823. The standard InChI is InChI=1S/C12H17NO3S/c1-8-4-3-5-10(9(8)2)13-11-6-17(15,16)7-12(11)14/h3-5,11-14H,6-7H2,1-2H3. The first-order valence-corrected chi connectivity index (χ1v) is 7.42. The van der Waals surface area contributed by atoms with Gasteiger partial charge < -0.3 is 10.4 Å². The molecular weight excluding hydrogens is 238 g/mol. The fourth-order valence-electron chi connectivity index (χ4n) is 2.07. The van der Waals surface area contributed by atoms with Crippen LogP contribution in [-0.4, -0.2) is 37.2 Å². The molecule has 1 heterocycles. The van der Waals surface area contributed by atoms with E-state index in [1.165, 1.54) is 0 Å². The molecule has 1 aromatic carbocycles. The van der Waals surface area contributed by atoms with Crippen molar-refractivity contribution in [1.29, 1.82) is 0 Å². The van der Waals surface area contributed by atoms with Gasteiger partial charge in [-0.1, -0.05) is 12.1 Å². The largest absolute Gasteiger partial charge is 0.390 e. The Bertz CT molecular complexity index is 525. The third kappa shape index (κ3) is 2.61. The molecule has 2 unspecified atom stereocenters. The highest BCUT2D eigenvalue weighted by Gasteiger charge is 2.36. The number of hydrogen-bond acceptors (Lipinski definition) is 4. The van der Waals surface area contributed by atoms with Crippen LogP contribution in [0.4, 0.5) is 5.69 Å². The van der Waals surface area contributed by atoms with Gasteiger partial charge in [0, 0.05) is 5.69 Å². The van der Waals surface area contributed by atoms with Crippen LogP contribution in [-0.2, 0) is 9.84 Å². The van der Waals surface area contributed by atoms with E-state index < -0.39 is 22.0 Å². The molecule has 1 saturated heterocycles. The monoisotopic (exact) mass is 255 g/mol. The lowest BCUT2D eigenvalue weighted by molar-refractivity contribution is 0.190. The molecule has 0 radical (unpaired) electrons. The van der Waals surface area contributed by atoms with Crippen molar-refractivity contribution in [3.05, 3.63) is 29.3 Å². The Labute approximate surface area is 102 Å². The summed E-state index contributed by atoms with van der Waals surface area (Å²) >= 11 is 0. The lowest BCUT2D eigenvalue weighted by atomic mass is 10.1. The van der Waals surface area contributed by atoms with Crippen LogP contribution in [0.5, 0.6) is 0 Å². The summed E-state index contributed by atoms with van der Waals surface area (Å²) in [4.78, 5) is 0. The molecule has 2 rings (SSSR count). The smallest absolute Gasteiger partial charge is 0.155 e. The van der Waals surface area contributed by atoms with Crippen molar-refractivity contribution in [3.63, 3.8) is 0 Å². The van der Waals surface area contributed by atoms with Gasteiger partial charge in [0.05, 0.1) is 23.7 Å². The average molecular weight is 255 g/mol. The molecule has 0 bridgehead atoms. The van der Waals surface area contributed by atoms with E-state index in [9.17, 15) is 13.5 Å². The molecule has 1 fully saturated rings. The fourth-order valence-corrected chi connectivity index (χ4v) is 3.82. The van der Waals surface area contributed by atoms with Crippen molar-refractivity contribution >= 4 is 15.5 Å². The second-order valence-corrected chi connectivity index (χ2v) is 6.80.